The van der Waals surface area contributed by atoms with Crippen molar-refractivity contribution in [2.24, 2.45) is 14.1 Å². The fraction of sp³-hybridized carbons (Fsp3) is 0.400. The van der Waals surface area contributed by atoms with Gasteiger partial charge in [-0.05, 0) is 42.7 Å². The monoisotopic (exact) mass is 355 g/mol. The van der Waals surface area contributed by atoms with Crippen molar-refractivity contribution in [2.75, 3.05) is 0 Å². The minimum Gasteiger partial charge on any atom is -0.342 e. The summed E-state index contributed by atoms with van der Waals surface area (Å²) in [5.74, 6) is -0.311. The van der Waals surface area contributed by atoms with Crippen molar-refractivity contribution in [3.63, 3.8) is 0 Å². The van der Waals surface area contributed by atoms with Crippen molar-refractivity contribution < 1.29 is 4.39 Å². The van der Waals surface area contributed by atoms with Crippen LogP contribution in [0.25, 0.3) is 22.2 Å². The van der Waals surface area contributed by atoms with E-state index < -0.39 is 0 Å². The predicted molar refractivity (Wildman–Crippen MR) is 99.9 cm³/mol. The van der Waals surface area contributed by atoms with Gasteiger partial charge in [-0.2, -0.15) is 0 Å². The molecule has 6 heteroatoms. The Bertz CT molecular complexity index is 1080. The lowest BCUT2D eigenvalue weighted by Gasteiger charge is -2.25. The summed E-state index contributed by atoms with van der Waals surface area (Å²) in [5.41, 5.74) is 1.56. The fourth-order valence-electron chi connectivity index (χ4n) is 4.11. The van der Waals surface area contributed by atoms with Gasteiger partial charge in [0.05, 0.1) is 16.6 Å². The maximum atomic E-state index is 13.4. The van der Waals surface area contributed by atoms with Crippen molar-refractivity contribution >= 4 is 10.9 Å². The van der Waals surface area contributed by atoms with Crippen molar-refractivity contribution in [1.29, 1.82) is 0 Å². The first-order valence-corrected chi connectivity index (χ1v) is 9.05. The molecule has 2 heterocycles. The van der Waals surface area contributed by atoms with Crippen molar-refractivity contribution in [2.45, 2.75) is 38.1 Å². The highest BCUT2D eigenvalue weighted by Gasteiger charge is 2.24. The Morgan fingerprint density at radius 1 is 0.962 bits per heavy atom. The SMILES string of the molecule is Cn1c(=O)c2c(-c3ccc(F)cc3)n(C3CCCCC3)cc2n(C)c1=O. The van der Waals surface area contributed by atoms with Crippen molar-refractivity contribution in [1.82, 2.24) is 13.7 Å². The lowest BCUT2D eigenvalue weighted by Crippen LogP contribution is -2.36. The van der Waals surface area contributed by atoms with Crippen LogP contribution >= 0.6 is 0 Å². The maximum Gasteiger partial charge on any atom is 0.330 e. The van der Waals surface area contributed by atoms with E-state index in [0.29, 0.717) is 10.9 Å². The summed E-state index contributed by atoms with van der Waals surface area (Å²) in [6.07, 6.45) is 7.54. The molecule has 1 aliphatic rings. The molecule has 5 nitrogen and oxygen atoms in total. The standard InChI is InChI=1S/C20H22FN3O2/c1-22-16-12-24(15-6-4-3-5-7-15)18(13-8-10-14(21)11-9-13)17(16)19(25)23(2)20(22)26/h8-12,15H,3-7H2,1-2H3. The highest BCUT2D eigenvalue weighted by molar-refractivity contribution is 5.93. The van der Waals surface area contributed by atoms with Crippen LogP contribution in [0.15, 0.2) is 40.1 Å². The first kappa shape index (κ1) is 16.8. The number of benzene rings is 1. The molecule has 0 radical (unpaired) electrons. The van der Waals surface area contributed by atoms with Crippen LogP contribution in [0.2, 0.25) is 0 Å². The molecule has 1 aromatic carbocycles. The Balaban J connectivity index is 2.09. The van der Waals surface area contributed by atoms with Crippen LogP contribution in [0.3, 0.4) is 0 Å². The van der Waals surface area contributed by atoms with E-state index in [9.17, 15) is 14.0 Å². The zero-order valence-corrected chi connectivity index (χ0v) is 15.0. The average molecular weight is 355 g/mol. The Hall–Kier alpha value is -2.63. The molecule has 1 saturated carbocycles. The summed E-state index contributed by atoms with van der Waals surface area (Å²) in [5, 5.41) is 0.520. The van der Waals surface area contributed by atoms with E-state index in [4.69, 9.17) is 0 Å². The van der Waals surface area contributed by atoms with Crippen LogP contribution in [0.5, 0.6) is 0 Å². The second-order valence-electron chi connectivity index (χ2n) is 7.15. The molecular weight excluding hydrogens is 333 g/mol. The Kier molecular flexibility index (Phi) is 4.05. The third kappa shape index (κ3) is 2.52. The number of aryl methyl sites for hydroxylation is 1. The molecular formula is C20H22FN3O2. The van der Waals surface area contributed by atoms with Gasteiger partial charge in [-0.25, -0.2) is 9.18 Å². The fourth-order valence-corrected chi connectivity index (χ4v) is 4.11. The van der Waals surface area contributed by atoms with E-state index in [1.54, 1.807) is 19.2 Å². The lowest BCUT2D eigenvalue weighted by atomic mass is 9.95. The predicted octanol–water partition coefficient (Wildman–Crippen LogP) is 3.35. The Morgan fingerprint density at radius 2 is 1.62 bits per heavy atom. The van der Waals surface area contributed by atoms with E-state index in [0.717, 1.165) is 41.5 Å². The second-order valence-corrected chi connectivity index (χ2v) is 7.15. The van der Waals surface area contributed by atoms with Crippen LogP contribution in [0.4, 0.5) is 4.39 Å². The third-order valence-electron chi connectivity index (χ3n) is 5.55. The van der Waals surface area contributed by atoms with Gasteiger partial charge in [-0.15, -0.1) is 0 Å². The maximum absolute atomic E-state index is 13.4. The molecule has 0 bridgehead atoms. The highest BCUT2D eigenvalue weighted by atomic mass is 19.1. The van der Waals surface area contributed by atoms with Crippen molar-refractivity contribution in [3.05, 3.63) is 57.1 Å². The van der Waals surface area contributed by atoms with E-state index in [1.807, 2.05) is 6.20 Å². The normalized spacial score (nSPS) is 15.7. The van der Waals surface area contributed by atoms with Gasteiger partial charge in [0.1, 0.15) is 5.82 Å². The minimum atomic E-state index is -0.339. The number of hydrogen-bond donors (Lipinski definition) is 0. The van der Waals surface area contributed by atoms with Gasteiger partial charge in [0.2, 0.25) is 0 Å². The van der Waals surface area contributed by atoms with Gasteiger partial charge in [-0.3, -0.25) is 13.9 Å². The van der Waals surface area contributed by atoms with Crippen molar-refractivity contribution in [3.8, 4) is 11.3 Å². The molecule has 3 aromatic rings. The summed E-state index contributed by atoms with van der Waals surface area (Å²) < 4.78 is 18.2. The molecule has 0 N–H and O–H groups in total. The third-order valence-corrected chi connectivity index (χ3v) is 5.55. The minimum absolute atomic E-state index is 0.288. The molecule has 1 fully saturated rings. The van der Waals surface area contributed by atoms with Crippen LogP contribution in [-0.2, 0) is 14.1 Å². The smallest absolute Gasteiger partial charge is 0.330 e. The summed E-state index contributed by atoms with van der Waals surface area (Å²) in [6, 6.07) is 6.51. The van der Waals surface area contributed by atoms with Crippen LogP contribution in [-0.4, -0.2) is 13.7 Å². The van der Waals surface area contributed by atoms with Gasteiger partial charge < -0.3 is 4.57 Å². The van der Waals surface area contributed by atoms with E-state index in [-0.39, 0.29) is 23.1 Å². The molecule has 0 saturated heterocycles. The summed E-state index contributed by atoms with van der Waals surface area (Å²) in [7, 11) is 3.18. The lowest BCUT2D eigenvalue weighted by molar-refractivity contribution is 0.357. The molecule has 2 aromatic heterocycles. The van der Waals surface area contributed by atoms with Crippen LogP contribution in [0, 0.1) is 5.82 Å². The van der Waals surface area contributed by atoms with Gasteiger partial charge in [0, 0.05) is 26.3 Å². The molecule has 26 heavy (non-hydrogen) atoms. The second kappa shape index (κ2) is 6.27. The zero-order chi connectivity index (χ0) is 18.4. The molecule has 0 spiro atoms. The molecule has 136 valence electrons. The first-order valence-electron chi connectivity index (χ1n) is 9.05. The largest absolute Gasteiger partial charge is 0.342 e. The Morgan fingerprint density at radius 3 is 2.27 bits per heavy atom. The summed E-state index contributed by atoms with van der Waals surface area (Å²) >= 11 is 0. The number of hydrogen-bond acceptors (Lipinski definition) is 2. The number of rotatable bonds is 2. The highest BCUT2D eigenvalue weighted by Crippen LogP contribution is 2.36. The van der Waals surface area contributed by atoms with Gasteiger partial charge in [0.15, 0.2) is 0 Å². The number of halogens is 1. The number of nitrogens with zero attached hydrogens (tertiary/aromatic N) is 3. The molecule has 0 aliphatic heterocycles. The Labute approximate surface area is 150 Å². The van der Waals surface area contributed by atoms with Crippen LogP contribution < -0.4 is 11.2 Å². The average Bonchev–Trinajstić information content (AvgIpc) is 3.07. The quantitative estimate of drug-likeness (QED) is 0.708. The van der Waals surface area contributed by atoms with Gasteiger partial charge in [0.25, 0.3) is 5.56 Å². The molecule has 1 aliphatic carbocycles. The molecule has 4 rings (SSSR count). The van der Waals surface area contributed by atoms with Gasteiger partial charge >= 0.3 is 5.69 Å². The van der Waals surface area contributed by atoms with Crippen LogP contribution in [0.1, 0.15) is 38.1 Å². The first-order chi connectivity index (χ1) is 12.5. The zero-order valence-electron chi connectivity index (χ0n) is 15.0. The van der Waals surface area contributed by atoms with E-state index in [2.05, 4.69) is 4.57 Å². The summed E-state index contributed by atoms with van der Waals surface area (Å²) in [4.78, 5) is 25.3. The molecule has 0 atom stereocenters. The van der Waals surface area contributed by atoms with E-state index >= 15 is 0 Å². The van der Waals surface area contributed by atoms with Gasteiger partial charge in [-0.1, -0.05) is 19.3 Å². The molecule has 0 unspecified atom stereocenters. The van der Waals surface area contributed by atoms with E-state index in [1.165, 1.54) is 30.2 Å². The molecule has 0 amide bonds. The number of fused-ring (bicyclic) bond motifs is 1. The topological polar surface area (TPSA) is 48.9 Å². The number of aromatic nitrogens is 3. The summed E-state index contributed by atoms with van der Waals surface area (Å²) in [6.45, 7) is 0.